The molecular formula is C49H52O11. The molecule has 0 unspecified atom stereocenters. The molecule has 60 heavy (non-hydrogen) atoms. The van der Waals surface area contributed by atoms with Gasteiger partial charge in [0.05, 0.1) is 46.2 Å². The molecule has 0 aromatic heterocycles. The number of epoxide rings is 1. The highest BCUT2D eigenvalue weighted by molar-refractivity contribution is 5.66. The van der Waals surface area contributed by atoms with Gasteiger partial charge in [0.2, 0.25) is 0 Å². The van der Waals surface area contributed by atoms with Crippen molar-refractivity contribution < 1.29 is 52.2 Å². The third-order valence-electron chi connectivity index (χ3n) is 10.7. The number of hydrogen-bond donors (Lipinski definition) is 0. The molecule has 0 N–H and O–H groups in total. The lowest BCUT2D eigenvalue weighted by Crippen LogP contribution is -2.62. The van der Waals surface area contributed by atoms with E-state index in [1.165, 1.54) is 6.92 Å². The van der Waals surface area contributed by atoms with E-state index >= 15 is 0 Å². The Labute approximate surface area is 351 Å². The Bertz CT molecular complexity index is 2010. The van der Waals surface area contributed by atoms with E-state index < -0.39 is 61.3 Å². The molecule has 3 aliphatic rings. The van der Waals surface area contributed by atoms with Gasteiger partial charge in [0.25, 0.3) is 0 Å². The molecule has 5 aromatic carbocycles. The third kappa shape index (κ3) is 11.5. The molecule has 3 fully saturated rings. The van der Waals surface area contributed by atoms with Crippen molar-refractivity contribution in [3.8, 4) is 0 Å². The Morgan fingerprint density at radius 3 is 1.30 bits per heavy atom. The molecule has 0 bridgehead atoms. The molecule has 3 aliphatic heterocycles. The molecule has 0 spiro atoms. The first-order valence-corrected chi connectivity index (χ1v) is 20.6. The monoisotopic (exact) mass is 816 g/mol. The number of ether oxygens (including phenoxy) is 10. The van der Waals surface area contributed by atoms with E-state index in [2.05, 4.69) is 0 Å². The van der Waals surface area contributed by atoms with Crippen molar-refractivity contribution in [2.45, 2.75) is 101 Å². The fourth-order valence-corrected chi connectivity index (χ4v) is 7.60. The van der Waals surface area contributed by atoms with Crippen molar-refractivity contribution in [1.29, 1.82) is 0 Å². The molecule has 10 atom stereocenters. The van der Waals surface area contributed by atoms with Gasteiger partial charge in [-0.3, -0.25) is 4.79 Å². The SMILES string of the molecule is CC(=O)O[C@H]1[C@@H](OC[C@H]2O[C@@H]3O[C@@H]3[C@@H](OCc3ccccc3)[C@@H]2OCc2ccccc2)O[C@H](COCc2ccccc2)[C@@H](OCc2ccccc2)[C@@H]1OCc1ccccc1. The second-order valence-electron chi connectivity index (χ2n) is 15.1. The van der Waals surface area contributed by atoms with Crippen LogP contribution in [0.2, 0.25) is 0 Å². The Morgan fingerprint density at radius 1 is 0.433 bits per heavy atom. The lowest BCUT2D eigenvalue weighted by molar-refractivity contribution is -0.327. The zero-order valence-electron chi connectivity index (χ0n) is 33.6. The largest absolute Gasteiger partial charge is 0.454 e. The summed E-state index contributed by atoms with van der Waals surface area (Å²) in [5.74, 6) is -0.521. The first-order valence-electron chi connectivity index (χ1n) is 20.6. The number of rotatable bonds is 20. The summed E-state index contributed by atoms with van der Waals surface area (Å²) in [6.45, 7) is 3.02. The number of benzene rings is 5. The number of carbonyl (C=O) groups is 1. The van der Waals surface area contributed by atoms with Crippen LogP contribution in [-0.2, 0) is 85.2 Å². The highest BCUT2D eigenvalue weighted by Gasteiger charge is 2.59. The van der Waals surface area contributed by atoms with E-state index in [0.29, 0.717) is 19.8 Å². The van der Waals surface area contributed by atoms with Gasteiger partial charge in [0, 0.05) is 6.92 Å². The number of hydrogen-bond acceptors (Lipinski definition) is 11. The van der Waals surface area contributed by atoms with E-state index in [4.69, 9.17) is 47.4 Å². The second-order valence-corrected chi connectivity index (χ2v) is 15.1. The number of esters is 1. The lowest BCUT2D eigenvalue weighted by atomic mass is 9.97. The van der Waals surface area contributed by atoms with Gasteiger partial charge in [-0.1, -0.05) is 152 Å². The molecule has 314 valence electrons. The topological polar surface area (TPSA) is 113 Å². The smallest absolute Gasteiger partial charge is 0.303 e. The van der Waals surface area contributed by atoms with E-state index in [1.807, 2.05) is 152 Å². The Morgan fingerprint density at radius 2 is 0.833 bits per heavy atom. The standard InChI is InChI=1S/C49H52O11/c1-34(50)57-46-44(54-30-38-23-13-5-14-24-38)42(52-28-36-19-9-3-10-20-36)40(32-51-27-35-17-7-2-8-18-35)58-48(46)56-33-41-43(53-29-37-21-11-4-12-22-37)45(47-49(59-41)60-47)55-31-39-25-15-6-16-26-39/h2-26,40-49H,27-33H2,1H3/t40-,41-,42-,43-,44+,45+,46-,47-,48+,49-/m1/s1. The van der Waals surface area contributed by atoms with Gasteiger partial charge in [-0.25, -0.2) is 0 Å². The maximum absolute atomic E-state index is 12.9. The van der Waals surface area contributed by atoms with Crippen LogP contribution in [-0.4, -0.2) is 80.6 Å². The third-order valence-corrected chi connectivity index (χ3v) is 10.7. The van der Waals surface area contributed by atoms with Crippen molar-refractivity contribution >= 4 is 5.97 Å². The van der Waals surface area contributed by atoms with Crippen LogP contribution in [0.3, 0.4) is 0 Å². The Balaban J connectivity index is 1.06. The number of carbonyl (C=O) groups excluding carboxylic acids is 1. The predicted octanol–water partition coefficient (Wildman–Crippen LogP) is 7.34. The number of fused-ring (bicyclic) bond motifs is 1. The van der Waals surface area contributed by atoms with Gasteiger partial charge in [-0.15, -0.1) is 0 Å². The highest BCUT2D eigenvalue weighted by Crippen LogP contribution is 2.40. The van der Waals surface area contributed by atoms with Crippen LogP contribution in [0.4, 0.5) is 0 Å². The Kier molecular flexibility index (Phi) is 14.8. The fraction of sp³-hybridized carbons (Fsp3) is 0.367. The zero-order valence-corrected chi connectivity index (χ0v) is 33.6. The molecule has 11 heteroatoms. The maximum Gasteiger partial charge on any atom is 0.303 e. The fourth-order valence-electron chi connectivity index (χ4n) is 7.60. The van der Waals surface area contributed by atoms with Crippen LogP contribution in [0.1, 0.15) is 34.7 Å². The van der Waals surface area contributed by atoms with Gasteiger partial charge >= 0.3 is 5.97 Å². The van der Waals surface area contributed by atoms with Crippen LogP contribution in [0.15, 0.2) is 152 Å². The summed E-state index contributed by atoms with van der Waals surface area (Å²) in [6, 6.07) is 49.5. The summed E-state index contributed by atoms with van der Waals surface area (Å²) in [5, 5.41) is 0. The molecule has 0 amide bonds. The molecule has 0 aliphatic carbocycles. The maximum atomic E-state index is 12.9. The molecular weight excluding hydrogens is 765 g/mol. The van der Waals surface area contributed by atoms with E-state index in [-0.39, 0.29) is 32.5 Å². The normalized spacial score (nSPS) is 27.1. The van der Waals surface area contributed by atoms with Crippen LogP contribution in [0, 0.1) is 0 Å². The summed E-state index contributed by atoms with van der Waals surface area (Å²) in [7, 11) is 0. The van der Waals surface area contributed by atoms with E-state index in [9.17, 15) is 4.79 Å². The van der Waals surface area contributed by atoms with Crippen LogP contribution >= 0.6 is 0 Å². The first kappa shape index (κ1) is 41.9. The molecule has 3 heterocycles. The molecule has 0 radical (unpaired) electrons. The lowest BCUT2D eigenvalue weighted by Gasteiger charge is -2.46. The molecule has 0 saturated carbocycles. The average Bonchev–Trinajstić information content (AvgIpc) is 4.07. The minimum atomic E-state index is -1.10. The average molecular weight is 817 g/mol. The van der Waals surface area contributed by atoms with Gasteiger partial charge < -0.3 is 47.4 Å². The van der Waals surface area contributed by atoms with E-state index in [0.717, 1.165) is 27.8 Å². The summed E-state index contributed by atoms with van der Waals surface area (Å²) in [6.07, 6.45) is -6.81. The zero-order chi connectivity index (χ0) is 40.9. The second kappa shape index (κ2) is 21.1. The van der Waals surface area contributed by atoms with Crippen molar-refractivity contribution in [3.63, 3.8) is 0 Å². The van der Waals surface area contributed by atoms with Gasteiger partial charge in [0.15, 0.2) is 18.7 Å². The van der Waals surface area contributed by atoms with E-state index in [1.54, 1.807) is 0 Å². The Hall–Kier alpha value is -4.79. The van der Waals surface area contributed by atoms with Crippen LogP contribution in [0.25, 0.3) is 0 Å². The summed E-state index contributed by atoms with van der Waals surface area (Å²) < 4.78 is 64.8. The molecule has 8 rings (SSSR count). The van der Waals surface area contributed by atoms with Crippen molar-refractivity contribution in [1.82, 2.24) is 0 Å². The first-order chi connectivity index (χ1) is 29.6. The van der Waals surface area contributed by atoms with Crippen molar-refractivity contribution in [2.75, 3.05) is 13.2 Å². The minimum Gasteiger partial charge on any atom is -0.454 e. The molecule has 5 aromatic rings. The molecule has 3 saturated heterocycles. The van der Waals surface area contributed by atoms with Crippen LogP contribution in [0.5, 0.6) is 0 Å². The summed E-state index contributed by atoms with van der Waals surface area (Å²) >= 11 is 0. The van der Waals surface area contributed by atoms with Gasteiger partial charge in [0.1, 0.15) is 42.7 Å². The highest BCUT2D eigenvalue weighted by atomic mass is 16.8. The minimum absolute atomic E-state index is 0.00178. The quantitative estimate of drug-likeness (QED) is 0.0581. The van der Waals surface area contributed by atoms with Gasteiger partial charge in [-0.2, -0.15) is 0 Å². The van der Waals surface area contributed by atoms with Crippen LogP contribution < -0.4 is 0 Å². The van der Waals surface area contributed by atoms with Crippen molar-refractivity contribution in [3.05, 3.63) is 179 Å². The summed E-state index contributed by atoms with van der Waals surface area (Å²) in [4.78, 5) is 12.9. The predicted molar refractivity (Wildman–Crippen MR) is 220 cm³/mol. The summed E-state index contributed by atoms with van der Waals surface area (Å²) in [5.41, 5.74) is 4.95. The van der Waals surface area contributed by atoms with Gasteiger partial charge in [-0.05, 0) is 27.8 Å². The molecule has 11 nitrogen and oxygen atoms in total. The van der Waals surface area contributed by atoms with Crippen molar-refractivity contribution in [2.24, 2.45) is 0 Å².